The monoisotopic (exact) mass is 420 g/mol. The number of methoxy groups -OCH3 is 2. The Morgan fingerprint density at radius 2 is 1.87 bits per heavy atom. The average molecular weight is 420 g/mol. The number of ether oxygens (including phenoxy) is 3. The molecular formula is C23H24N4O4. The van der Waals surface area contributed by atoms with Crippen molar-refractivity contribution in [2.45, 2.75) is 6.54 Å². The van der Waals surface area contributed by atoms with Crippen LogP contribution in [-0.2, 0) is 11.3 Å². The van der Waals surface area contributed by atoms with Gasteiger partial charge in [-0.25, -0.2) is 4.98 Å². The van der Waals surface area contributed by atoms with Gasteiger partial charge in [0.1, 0.15) is 22.6 Å². The summed E-state index contributed by atoms with van der Waals surface area (Å²) in [6, 6.07) is 13.7. The number of anilines is 2. The highest BCUT2D eigenvalue weighted by atomic mass is 16.5. The van der Waals surface area contributed by atoms with Crippen molar-refractivity contribution in [2.75, 3.05) is 50.7 Å². The topological polar surface area (TPSA) is 81.9 Å². The molecule has 0 saturated carbocycles. The molecule has 2 aromatic carbocycles. The average Bonchev–Trinajstić information content (AvgIpc) is 3.21. The second-order valence-electron chi connectivity index (χ2n) is 7.28. The molecule has 4 aromatic rings. The molecule has 0 spiro atoms. The lowest BCUT2D eigenvalue weighted by molar-refractivity contribution is 0.122. The highest BCUT2D eigenvalue weighted by Crippen LogP contribution is 2.34. The van der Waals surface area contributed by atoms with E-state index in [9.17, 15) is 0 Å². The van der Waals surface area contributed by atoms with Gasteiger partial charge in [-0.2, -0.15) is 4.98 Å². The molecule has 0 unspecified atom stereocenters. The zero-order valence-corrected chi connectivity index (χ0v) is 17.6. The minimum Gasteiger partial charge on any atom is -0.497 e. The fourth-order valence-electron chi connectivity index (χ4n) is 3.82. The van der Waals surface area contributed by atoms with Gasteiger partial charge in [0, 0.05) is 36.7 Å². The lowest BCUT2D eigenvalue weighted by Crippen LogP contribution is -2.37. The number of hydrogen-bond donors (Lipinski definition) is 1. The molecule has 0 bridgehead atoms. The van der Waals surface area contributed by atoms with Crippen LogP contribution in [0.2, 0.25) is 0 Å². The summed E-state index contributed by atoms with van der Waals surface area (Å²) in [6.45, 7) is 3.36. The molecule has 1 aliphatic rings. The molecule has 8 heteroatoms. The van der Waals surface area contributed by atoms with Gasteiger partial charge in [0.15, 0.2) is 11.4 Å². The van der Waals surface area contributed by atoms with Crippen molar-refractivity contribution < 1.29 is 18.6 Å². The van der Waals surface area contributed by atoms with E-state index >= 15 is 0 Å². The standard InChI is InChI=1S/C23H24N4O4/c1-28-16-8-7-15(19(13-16)29-2)14-24-23-25-20-17-5-3-4-6-18(17)31-21(20)22(26-23)27-9-11-30-12-10-27/h3-8,13H,9-12,14H2,1-2H3,(H,24,25,26). The Labute approximate surface area is 179 Å². The summed E-state index contributed by atoms with van der Waals surface area (Å²) in [5.41, 5.74) is 3.29. The lowest BCUT2D eigenvalue weighted by atomic mass is 10.2. The zero-order valence-electron chi connectivity index (χ0n) is 17.6. The van der Waals surface area contributed by atoms with Crippen LogP contribution in [0.15, 0.2) is 46.9 Å². The molecule has 8 nitrogen and oxygen atoms in total. The number of rotatable bonds is 6. The highest BCUT2D eigenvalue weighted by molar-refractivity contribution is 6.06. The number of morpholine rings is 1. The third-order valence-electron chi connectivity index (χ3n) is 5.44. The predicted molar refractivity (Wildman–Crippen MR) is 119 cm³/mol. The van der Waals surface area contributed by atoms with Gasteiger partial charge in [-0.05, 0) is 24.3 Å². The maximum absolute atomic E-state index is 6.15. The van der Waals surface area contributed by atoms with Gasteiger partial charge in [-0.1, -0.05) is 12.1 Å². The molecule has 0 aliphatic carbocycles. The summed E-state index contributed by atoms with van der Waals surface area (Å²) in [7, 11) is 3.28. The first-order valence-electron chi connectivity index (χ1n) is 10.2. The molecular weight excluding hydrogens is 396 g/mol. The van der Waals surface area contributed by atoms with Crippen LogP contribution in [-0.4, -0.2) is 50.5 Å². The van der Waals surface area contributed by atoms with Crippen molar-refractivity contribution in [1.82, 2.24) is 9.97 Å². The van der Waals surface area contributed by atoms with Crippen LogP contribution in [0.1, 0.15) is 5.56 Å². The van der Waals surface area contributed by atoms with Crippen LogP contribution in [0, 0.1) is 0 Å². The molecule has 0 radical (unpaired) electrons. The van der Waals surface area contributed by atoms with Gasteiger partial charge in [0.05, 0.1) is 27.4 Å². The molecule has 2 aromatic heterocycles. The number of nitrogens with zero attached hydrogens (tertiary/aromatic N) is 3. The number of fused-ring (bicyclic) bond motifs is 3. The van der Waals surface area contributed by atoms with Gasteiger partial charge in [0.25, 0.3) is 0 Å². The summed E-state index contributed by atoms with van der Waals surface area (Å²) >= 11 is 0. The third-order valence-corrected chi connectivity index (χ3v) is 5.44. The molecule has 0 amide bonds. The molecule has 1 aliphatic heterocycles. The van der Waals surface area contributed by atoms with Crippen LogP contribution in [0.4, 0.5) is 11.8 Å². The number of para-hydroxylation sites is 1. The van der Waals surface area contributed by atoms with Crippen molar-refractivity contribution in [3.05, 3.63) is 48.0 Å². The van der Waals surface area contributed by atoms with E-state index in [0.29, 0.717) is 31.3 Å². The van der Waals surface area contributed by atoms with E-state index in [1.165, 1.54) is 0 Å². The lowest BCUT2D eigenvalue weighted by Gasteiger charge is -2.27. The number of benzene rings is 2. The van der Waals surface area contributed by atoms with Gasteiger partial charge in [-0.15, -0.1) is 0 Å². The van der Waals surface area contributed by atoms with Crippen molar-refractivity contribution >= 4 is 33.8 Å². The quantitative estimate of drug-likeness (QED) is 0.504. The zero-order chi connectivity index (χ0) is 21.2. The second kappa shape index (κ2) is 8.31. The van der Waals surface area contributed by atoms with Crippen molar-refractivity contribution in [3.8, 4) is 11.5 Å². The van der Waals surface area contributed by atoms with Crippen molar-refractivity contribution in [1.29, 1.82) is 0 Å². The van der Waals surface area contributed by atoms with Gasteiger partial charge < -0.3 is 28.8 Å². The largest absolute Gasteiger partial charge is 0.497 e. The fraction of sp³-hybridized carbons (Fsp3) is 0.304. The molecule has 31 heavy (non-hydrogen) atoms. The predicted octanol–water partition coefficient (Wildman–Crippen LogP) is 3.84. The van der Waals surface area contributed by atoms with E-state index < -0.39 is 0 Å². The summed E-state index contributed by atoms with van der Waals surface area (Å²) in [4.78, 5) is 11.8. The maximum Gasteiger partial charge on any atom is 0.225 e. The number of furan rings is 1. The van der Waals surface area contributed by atoms with Gasteiger partial charge in [0.2, 0.25) is 5.95 Å². The number of hydrogen-bond acceptors (Lipinski definition) is 8. The second-order valence-corrected chi connectivity index (χ2v) is 7.28. The molecule has 3 heterocycles. The smallest absolute Gasteiger partial charge is 0.225 e. The van der Waals surface area contributed by atoms with Gasteiger partial charge in [-0.3, -0.25) is 0 Å². The minimum atomic E-state index is 0.511. The Morgan fingerprint density at radius 3 is 2.68 bits per heavy atom. The Morgan fingerprint density at radius 1 is 1.03 bits per heavy atom. The molecule has 0 atom stereocenters. The Bertz CT molecular complexity index is 1220. The Balaban J connectivity index is 1.53. The Kier molecular flexibility index (Phi) is 5.21. The van der Waals surface area contributed by atoms with Crippen molar-refractivity contribution in [3.63, 3.8) is 0 Å². The SMILES string of the molecule is COc1ccc(CNc2nc(N3CCOCC3)c3oc4ccccc4c3n2)c(OC)c1. The van der Waals surface area contributed by atoms with E-state index in [4.69, 9.17) is 28.6 Å². The summed E-state index contributed by atoms with van der Waals surface area (Å²) in [5, 5.41) is 4.33. The fourth-order valence-corrected chi connectivity index (χ4v) is 3.82. The number of aromatic nitrogens is 2. The third kappa shape index (κ3) is 3.70. The summed E-state index contributed by atoms with van der Waals surface area (Å²) in [5.74, 6) is 2.82. The van der Waals surface area contributed by atoms with Gasteiger partial charge >= 0.3 is 0 Å². The van der Waals surface area contributed by atoms with E-state index in [1.54, 1.807) is 14.2 Å². The molecule has 1 fully saturated rings. The first kappa shape index (κ1) is 19.4. The highest BCUT2D eigenvalue weighted by Gasteiger charge is 2.22. The minimum absolute atomic E-state index is 0.511. The molecule has 1 saturated heterocycles. The van der Waals surface area contributed by atoms with E-state index in [0.717, 1.165) is 52.5 Å². The van der Waals surface area contributed by atoms with E-state index in [2.05, 4.69) is 10.2 Å². The van der Waals surface area contributed by atoms with E-state index in [1.807, 2.05) is 42.5 Å². The Hall–Kier alpha value is -3.52. The first-order valence-corrected chi connectivity index (χ1v) is 10.2. The van der Waals surface area contributed by atoms with Crippen LogP contribution in [0.5, 0.6) is 11.5 Å². The van der Waals surface area contributed by atoms with Crippen molar-refractivity contribution in [2.24, 2.45) is 0 Å². The normalized spacial score (nSPS) is 14.2. The summed E-state index contributed by atoms with van der Waals surface area (Å²) in [6.07, 6.45) is 0. The molecule has 5 rings (SSSR count). The molecule has 1 N–H and O–H groups in total. The first-order chi connectivity index (χ1) is 15.3. The van der Waals surface area contributed by atoms with Crippen LogP contribution in [0.3, 0.4) is 0 Å². The number of nitrogens with one attached hydrogen (secondary N) is 1. The maximum atomic E-state index is 6.15. The van der Waals surface area contributed by atoms with Crippen LogP contribution < -0.4 is 19.7 Å². The van der Waals surface area contributed by atoms with Crippen LogP contribution in [0.25, 0.3) is 22.1 Å². The van der Waals surface area contributed by atoms with Crippen LogP contribution >= 0.6 is 0 Å². The molecule has 160 valence electrons. The summed E-state index contributed by atoms with van der Waals surface area (Å²) < 4.78 is 22.5. The van der Waals surface area contributed by atoms with E-state index in [-0.39, 0.29) is 0 Å².